The number of anilines is 2. The van der Waals surface area contributed by atoms with Gasteiger partial charge in [0.1, 0.15) is 6.04 Å². The van der Waals surface area contributed by atoms with Crippen LogP contribution >= 0.6 is 0 Å². The summed E-state index contributed by atoms with van der Waals surface area (Å²) in [7, 11) is 0. The zero-order valence-corrected chi connectivity index (χ0v) is 15.7. The fraction of sp³-hybridized carbons (Fsp3) is 0.333. The Morgan fingerprint density at radius 2 is 1.77 bits per heavy atom. The molecule has 1 saturated heterocycles. The molecule has 5 heteroatoms. The first-order valence-corrected chi connectivity index (χ1v) is 8.88. The second kappa shape index (κ2) is 7.20. The first-order valence-electron chi connectivity index (χ1n) is 8.88. The van der Waals surface area contributed by atoms with E-state index in [1.807, 2.05) is 64.1 Å². The molecule has 0 spiro atoms. The lowest BCUT2D eigenvalue weighted by Crippen LogP contribution is -2.43. The summed E-state index contributed by atoms with van der Waals surface area (Å²) in [4.78, 5) is 26.7. The summed E-state index contributed by atoms with van der Waals surface area (Å²) in [5.41, 5.74) is 6.13. The largest absolute Gasteiger partial charge is 0.326 e. The molecule has 0 saturated carbocycles. The third-order valence-electron chi connectivity index (χ3n) is 4.94. The van der Waals surface area contributed by atoms with Crippen LogP contribution in [0.4, 0.5) is 16.2 Å². The van der Waals surface area contributed by atoms with Gasteiger partial charge in [-0.05, 0) is 69.0 Å². The summed E-state index contributed by atoms with van der Waals surface area (Å²) < 4.78 is 0. The van der Waals surface area contributed by atoms with Crippen molar-refractivity contribution < 1.29 is 9.59 Å². The van der Waals surface area contributed by atoms with Crippen LogP contribution in [0.3, 0.4) is 0 Å². The molecule has 1 atom stereocenters. The van der Waals surface area contributed by atoms with Gasteiger partial charge in [-0.25, -0.2) is 4.79 Å². The van der Waals surface area contributed by atoms with Crippen molar-refractivity contribution in [2.45, 2.75) is 40.2 Å². The van der Waals surface area contributed by atoms with Gasteiger partial charge < -0.3 is 15.5 Å². The standard InChI is InChI=1S/C21H25N3O2/c1-13-5-8-18(16(4)11-13)22-21(26)23-19-9-10-24(20(19)25)17-7-6-14(2)15(3)12-17/h5-8,11-12,19H,9-10H2,1-4H3,(H2,22,23,26)/t19-/m0/s1. The normalized spacial score (nSPS) is 16.7. The summed E-state index contributed by atoms with van der Waals surface area (Å²) in [6.45, 7) is 8.65. The fourth-order valence-electron chi connectivity index (χ4n) is 3.23. The lowest BCUT2D eigenvalue weighted by molar-refractivity contribution is -0.118. The van der Waals surface area contributed by atoms with E-state index in [4.69, 9.17) is 0 Å². The highest BCUT2D eigenvalue weighted by Crippen LogP contribution is 2.24. The molecule has 1 aliphatic rings. The fourth-order valence-corrected chi connectivity index (χ4v) is 3.23. The van der Waals surface area contributed by atoms with E-state index in [0.717, 1.165) is 28.1 Å². The molecule has 0 bridgehead atoms. The lowest BCUT2D eigenvalue weighted by atomic mass is 10.1. The van der Waals surface area contributed by atoms with Gasteiger partial charge in [0, 0.05) is 17.9 Å². The number of rotatable bonds is 3. The molecule has 5 nitrogen and oxygen atoms in total. The molecular formula is C21H25N3O2. The third-order valence-corrected chi connectivity index (χ3v) is 4.94. The minimum Gasteiger partial charge on any atom is -0.326 e. The maximum Gasteiger partial charge on any atom is 0.319 e. The van der Waals surface area contributed by atoms with E-state index >= 15 is 0 Å². The molecule has 0 aliphatic carbocycles. The van der Waals surface area contributed by atoms with Crippen LogP contribution in [0.1, 0.15) is 28.7 Å². The van der Waals surface area contributed by atoms with Gasteiger partial charge in [0.15, 0.2) is 0 Å². The second-order valence-corrected chi connectivity index (χ2v) is 7.02. The van der Waals surface area contributed by atoms with Crippen LogP contribution in [0.5, 0.6) is 0 Å². The van der Waals surface area contributed by atoms with Crippen molar-refractivity contribution in [2.24, 2.45) is 0 Å². The summed E-state index contributed by atoms with van der Waals surface area (Å²) in [6.07, 6.45) is 0.603. The molecule has 3 amide bonds. The molecule has 0 radical (unpaired) electrons. The van der Waals surface area contributed by atoms with Crippen LogP contribution in [0.2, 0.25) is 0 Å². The van der Waals surface area contributed by atoms with Crippen LogP contribution in [-0.4, -0.2) is 24.5 Å². The third kappa shape index (κ3) is 3.72. The average Bonchev–Trinajstić information content (AvgIpc) is 2.93. The van der Waals surface area contributed by atoms with E-state index in [9.17, 15) is 9.59 Å². The molecule has 1 aliphatic heterocycles. The summed E-state index contributed by atoms with van der Waals surface area (Å²) >= 11 is 0. The number of carbonyl (C=O) groups excluding carboxylic acids is 2. The maximum absolute atomic E-state index is 12.7. The van der Waals surface area contributed by atoms with Crippen LogP contribution in [-0.2, 0) is 4.79 Å². The Kier molecular flexibility index (Phi) is 4.98. The van der Waals surface area contributed by atoms with Crippen molar-refractivity contribution in [3.63, 3.8) is 0 Å². The van der Waals surface area contributed by atoms with Crippen molar-refractivity contribution >= 4 is 23.3 Å². The number of carbonyl (C=O) groups is 2. The van der Waals surface area contributed by atoms with E-state index in [1.54, 1.807) is 4.90 Å². The first kappa shape index (κ1) is 18.0. The van der Waals surface area contributed by atoms with Crippen LogP contribution in [0.25, 0.3) is 0 Å². The monoisotopic (exact) mass is 351 g/mol. The van der Waals surface area contributed by atoms with Gasteiger partial charge in [-0.2, -0.15) is 0 Å². The maximum atomic E-state index is 12.7. The van der Waals surface area contributed by atoms with Crippen LogP contribution in [0, 0.1) is 27.7 Å². The molecule has 0 aromatic heterocycles. The van der Waals surface area contributed by atoms with Gasteiger partial charge >= 0.3 is 6.03 Å². The summed E-state index contributed by atoms with van der Waals surface area (Å²) in [5.74, 6) is -0.0657. The highest BCUT2D eigenvalue weighted by molar-refractivity contribution is 6.02. The molecule has 136 valence electrons. The Morgan fingerprint density at radius 3 is 2.46 bits per heavy atom. The second-order valence-electron chi connectivity index (χ2n) is 7.02. The van der Waals surface area contributed by atoms with Crippen molar-refractivity contribution in [1.29, 1.82) is 0 Å². The number of aryl methyl sites for hydroxylation is 4. The van der Waals surface area contributed by atoms with E-state index in [-0.39, 0.29) is 11.9 Å². The van der Waals surface area contributed by atoms with E-state index < -0.39 is 6.04 Å². The van der Waals surface area contributed by atoms with Crippen molar-refractivity contribution in [3.05, 3.63) is 58.7 Å². The van der Waals surface area contributed by atoms with E-state index in [1.165, 1.54) is 5.56 Å². The first-order chi connectivity index (χ1) is 12.3. The van der Waals surface area contributed by atoms with Gasteiger partial charge in [0.2, 0.25) is 5.91 Å². The van der Waals surface area contributed by atoms with Gasteiger partial charge in [-0.3, -0.25) is 4.79 Å². The molecule has 3 rings (SSSR count). The highest BCUT2D eigenvalue weighted by Gasteiger charge is 2.33. The van der Waals surface area contributed by atoms with Gasteiger partial charge in [0.25, 0.3) is 0 Å². The Hall–Kier alpha value is -2.82. The Labute approximate surface area is 154 Å². The lowest BCUT2D eigenvalue weighted by Gasteiger charge is -2.19. The molecule has 2 aromatic rings. The average molecular weight is 351 g/mol. The minimum atomic E-state index is -0.498. The van der Waals surface area contributed by atoms with Gasteiger partial charge in [-0.15, -0.1) is 0 Å². The molecule has 0 unspecified atom stereocenters. The molecule has 2 aromatic carbocycles. The number of nitrogens with zero attached hydrogens (tertiary/aromatic N) is 1. The van der Waals surface area contributed by atoms with Crippen molar-refractivity contribution in [1.82, 2.24) is 5.32 Å². The zero-order chi connectivity index (χ0) is 18.8. The minimum absolute atomic E-state index is 0.0657. The number of hydrogen-bond donors (Lipinski definition) is 2. The predicted octanol–water partition coefficient (Wildman–Crippen LogP) is 3.85. The molecular weight excluding hydrogens is 326 g/mol. The SMILES string of the molecule is Cc1ccc(NC(=O)N[C@H]2CCN(c3ccc(C)c(C)c3)C2=O)c(C)c1. The number of hydrogen-bond acceptors (Lipinski definition) is 2. The number of nitrogens with one attached hydrogen (secondary N) is 2. The molecule has 1 fully saturated rings. The van der Waals surface area contributed by atoms with Gasteiger partial charge in [0.05, 0.1) is 0 Å². The molecule has 2 N–H and O–H groups in total. The predicted molar refractivity (Wildman–Crippen MR) is 105 cm³/mol. The van der Waals surface area contributed by atoms with Crippen LogP contribution < -0.4 is 15.5 Å². The summed E-state index contributed by atoms with van der Waals surface area (Å²) in [6, 6.07) is 11.0. The smallest absolute Gasteiger partial charge is 0.319 e. The Bertz CT molecular complexity index is 860. The molecule has 1 heterocycles. The van der Waals surface area contributed by atoms with E-state index in [2.05, 4.69) is 10.6 Å². The highest BCUT2D eigenvalue weighted by atomic mass is 16.2. The Balaban J connectivity index is 1.64. The number of benzene rings is 2. The quantitative estimate of drug-likeness (QED) is 0.882. The topological polar surface area (TPSA) is 61.4 Å². The zero-order valence-electron chi connectivity index (χ0n) is 15.7. The summed E-state index contributed by atoms with van der Waals surface area (Å²) in [5, 5.41) is 5.64. The van der Waals surface area contributed by atoms with E-state index in [0.29, 0.717) is 13.0 Å². The number of urea groups is 1. The van der Waals surface area contributed by atoms with Gasteiger partial charge in [-0.1, -0.05) is 23.8 Å². The van der Waals surface area contributed by atoms with Crippen molar-refractivity contribution in [3.8, 4) is 0 Å². The molecule has 26 heavy (non-hydrogen) atoms. The Morgan fingerprint density at radius 1 is 1.00 bits per heavy atom. The van der Waals surface area contributed by atoms with Crippen LogP contribution in [0.15, 0.2) is 36.4 Å². The number of amides is 3. The van der Waals surface area contributed by atoms with Crippen molar-refractivity contribution in [2.75, 3.05) is 16.8 Å².